The first kappa shape index (κ1) is 21.5. The lowest BCUT2D eigenvalue weighted by molar-refractivity contribution is -0.120. The second-order valence-electron chi connectivity index (χ2n) is 7.28. The Morgan fingerprint density at radius 3 is 2.79 bits per heavy atom. The minimum atomic E-state index is -0.675. The molecule has 2 heterocycles. The first-order valence-electron chi connectivity index (χ1n) is 9.53. The molecule has 1 aliphatic heterocycles. The Morgan fingerprint density at radius 1 is 1.28 bits per heavy atom. The van der Waals surface area contributed by atoms with Gasteiger partial charge in [0.2, 0.25) is 5.91 Å². The van der Waals surface area contributed by atoms with Gasteiger partial charge in [-0.15, -0.1) is 0 Å². The number of halogens is 2. The van der Waals surface area contributed by atoms with Crippen LogP contribution in [0, 0.1) is 5.41 Å². The van der Waals surface area contributed by atoms with Gasteiger partial charge in [0.05, 0.1) is 0 Å². The molecule has 1 aromatic carbocycles. The van der Waals surface area contributed by atoms with Crippen LogP contribution in [0.2, 0.25) is 10.0 Å². The number of benzene rings is 1. The van der Waals surface area contributed by atoms with Crippen molar-refractivity contribution in [3.63, 3.8) is 0 Å². The van der Waals surface area contributed by atoms with Crippen LogP contribution in [0.25, 0.3) is 0 Å². The standard InChI is InChI=1S/C22H24Cl2N4O/c23-17-4-5-18(19(24)13-17)20(21(25)29)28-12-9-22(7-2-11-27-15-22)8-6-16-3-1-10-26-14-16/h1-5,7,10-11,13-14,20,28H,6,8-9,12,15H2,(H2,25,29). The number of amides is 1. The van der Waals surface area contributed by atoms with Crippen LogP contribution in [-0.4, -0.2) is 30.2 Å². The van der Waals surface area contributed by atoms with Gasteiger partial charge in [0.1, 0.15) is 6.04 Å². The van der Waals surface area contributed by atoms with Crippen LogP contribution in [0.4, 0.5) is 0 Å². The van der Waals surface area contributed by atoms with Crippen LogP contribution < -0.4 is 11.1 Å². The first-order valence-corrected chi connectivity index (χ1v) is 10.3. The topological polar surface area (TPSA) is 80.4 Å². The Bertz CT molecular complexity index is 901. The van der Waals surface area contributed by atoms with Crippen LogP contribution in [-0.2, 0) is 11.2 Å². The lowest BCUT2D eigenvalue weighted by atomic mass is 9.78. The number of nitrogens with one attached hydrogen (secondary N) is 1. The molecule has 3 rings (SSSR count). The normalized spacial score (nSPS) is 19.2. The zero-order chi connectivity index (χ0) is 20.7. The first-order chi connectivity index (χ1) is 14.0. The van der Waals surface area contributed by atoms with Crippen molar-refractivity contribution in [3.8, 4) is 0 Å². The van der Waals surface area contributed by atoms with Gasteiger partial charge in [0.25, 0.3) is 0 Å². The van der Waals surface area contributed by atoms with Gasteiger partial charge in [0.15, 0.2) is 0 Å². The molecule has 0 fully saturated rings. The van der Waals surface area contributed by atoms with Crippen LogP contribution in [0.1, 0.15) is 30.0 Å². The van der Waals surface area contributed by atoms with E-state index in [9.17, 15) is 4.79 Å². The average Bonchev–Trinajstić information content (AvgIpc) is 2.72. The summed E-state index contributed by atoms with van der Waals surface area (Å²) in [4.78, 5) is 20.7. The third-order valence-corrected chi connectivity index (χ3v) is 5.77. The van der Waals surface area contributed by atoms with E-state index in [1.165, 1.54) is 5.56 Å². The SMILES string of the molecule is NC(=O)C(NCCC1(CCc2cccnc2)C=CC=NC1)c1ccc(Cl)cc1Cl. The third-order valence-electron chi connectivity index (χ3n) is 5.21. The van der Waals surface area contributed by atoms with E-state index in [0.29, 0.717) is 28.7 Å². The number of dihydropyridines is 1. The maximum absolute atomic E-state index is 12.0. The number of hydrogen-bond donors (Lipinski definition) is 2. The summed E-state index contributed by atoms with van der Waals surface area (Å²) in [5, 5.41) is 4.20. The van der Waals surface area contributed by atoms with Crippen molar-refractivity contribution < 1.29 is 4.79 Å². The highest BCUT2D eigenvalue weighted by Crippen LogP contribution is 2.33. The van der Waals surface area contributed by atoms with Crippen LogP contribution in [0.15, 0.2) is 59.9 Å². The minimum Gasteiger partial charge on any atom is -0.368 e. The number of aromatic nitrogens is 1. The fourth-order valence-electron chi connectivity index (χ4n) is 3.55. The highest BCUT2D eigenvalue weighted by atomic mass is 35.5. The molecule has 2 unspecified atom stereocenters. The predicted octanol–water partition coefficient (Wildman–Crippen LogP) is 4.15. The summed E-state index contributed by atoms with van der Waals surface area (Å²) in [7, 11) is 0. The molecule has 2 atom stereocenters. The number of carbonyl (C=O) groups is 1. The quantitative estimate of drug-likeness (QED) is 0.626. The van der Waals surface area contributed by atoms with E-state index in [4.69, 9.17) is 28.9 Å². The number of nitrogens with two attached hydrogens (primary N) is 1. The van der Waals surface area contributed by atoms with Gasteiger partial charge in [-0.25, -0.2) is 0 Å². The fraction of sp³-hybridized carbons (Fsp3) is 0.318. The summed E-state index contributed by atoms with van der Waals surface area (Å²) in [6.07, 6.45) is 12.4. The van der Waals surface area contributed by atoms with Crippen molar-refractivity contribution in [2.24, 2.45) is 16.1 Å². The molecule has 1 aliphatic rings. The zero-order valence-corrected chi connectivity index (χ0v) is 17.5. The summed E-state index contributed by atoms with van der Waals surface area (Å²) in [6, 6.07) is 8.41. The van der Waals surface area contributed by atoms with Gasteiger partial charge < -0.3 is 11.1 Å². The second kappa shape index (κ2) is 10.0. The summed E-state index contributed by atoms with van der Waals surface area (Å²) in [5.41, 5.74) is 7.37. The van der Waals surface area contributed by atoms with Crippen LogP contribution >= 0.6 is 23.2 Å². The van der Waals surface area contributed by atoms with Crippen LogP contribution in [0.5, 0.6) is 0 Å². The van der Waals surface area contributed by atoms with Gasteiger partial charge in [0, 0.05) is 40.6 Å². The molecular weight excluding hydrogens is 407 g/mol. The molecule has 7 heteroatoms. The van der Waals surface area contributed by atoms with E-state index in [-0.39, 0.29) is 5.41 Å². The molecule has 0 spiro atoms. The number of allylic oxidation sites excluding steroid dienone is 1. The second-order valence-corrected chi connectivity index (χ2v) is 8.12. The molecule has 0 radical (unpaired) electrons. The average molecular weight is 431 g/mol. The van der Waals surface area contributed by atoms with Crippen molar-refractivity contribution in [2.75, 3.05) is 13.1 Å². The van der Waals surface area contributed by atoms with E-state index in [1.807, 2.05) is 24.6 Å². The molecule has 152 valence electrons. The highest BCUT2D eigenvalue weighted by molar-refractivity contribution is 6.35. The van der Waals surface area contributed by atoms with Gasteiger partial charge >= 0.3 is 0 Å². The van der Waals surface area contributed by atoms with Crippen molar-refractivity contribution >= 4 is 35.3 Å². The largest absolute Gasteiger partial charge is 0.368 e. The monoisotopic (exact) mass is 430 g/mol. The maximum atomic E-state index is 12.0. The lowest BCUT2D eigenvalue weighted by Crippen LogP contribution is -2.37. The number of rotatable bonds is 9. The number of pyridine rings is 1. The number of carbonyl (C=O) groups excluding carboxylic acids is 1. The summed E-state index contributed by atoms with van der Waals surface area (Å²) in [6.45, 7) is 1.31. The Labute approximate surface area is 181 Å². The smallest absolute Gasteiger partial charge is 0.239 e. The molecule has 2 aromatic rings. The Morgan fingerprint density at radius 2 is 2.14 bits per heavy atom. The van der Waals surface area contributed by atoms with Gasteiger partial charge in [-0.05, 0) is 61.2 Å². The lowest BCUT2D eigenvalue weighted by Gasteiger charge is -2.31. The third kappa shape index (κ3) is 5.89. The van der Waals surface area contributed by atoms with E-state index in [1.54, 1.807) is 24.4 Å². The summed E-state index contributed by atoms with van der Waals surface area (Å²) in [5.74, 6) is -0.476. The fourth-order valence-corrected chi connectivity index (χ4v) is 4.07. The highest BCUT2D eigenvalue weighted by Gasteiger charge is 2.29. The number of nitrogens with zero attached hydrogens (tertiary/aromatic N) is 2. The van der Waals surface area contributed by atoms with Crippen LogP contribution in [0.3, 0.4) is 0 Å². The van der Waals surface area contributed by atoms with E-state index in [2.05, 4.69) is 27.4 Å². The minimum absolute atomic E-state index is 0.0798. The molecule has 1 amide bonds. The molecule has 0 saturated heterocycles. The Kier molecular flexibility index (Phi) is 7.42. The van der Waals surface area contributed by atoms with Gasteiger partial charge in [-0.2, -0.15) is 0 Å². The summed E-state index contributed by atoms with van der Waals surface area (Å²) >= 11 is 12.2. The maximum Gasteiger partial charge on any atom is 0.239 e. The number of hydrogen-bond acceptors (Lipinski definition) is 4. The molecule has 0 bridgehead atoms. The van der Waals surface area contributed by atoms with Crippen molar-refractivity contribution in [1.29, 1.82) is 0 Å². The molecule has 0 aliphatic carbocycles. The number of primary amides is 1. The molecular formula is C22H24Cl2N4O. The molecule has 29 heavy (non-hydrogen) atoms. The van der Waals surface area contributed by atoms with Gasteiger partial charge in [-0.1, -0.05) is 41.4 Å². The van der Waals surface area contributed by atoms with Crippen molar-refractivity contribution in [1.82, 2.24) is 10.3 Å². The van der Waals surface area contributed by atoms with E-state index >= 15 is 0 Å². The van der Waals surface area contributed by atoms with E-state index in [0.717, 1.165) is 19.3 Å². The van der Waals surface area contributed by atoms with E-state index < -0.39 is 11.9 Å². The molecule has 5 nitrogen and oxygen atoms in total. The van der Waals surface area contributed by atoms with Crippen molar-refractivity contribution in [3.05, 3.63) is 76.0 Å². The zero-order valence-electron chi connectivity index (χ0n) is 16.0. The molecule has 1 aromatic heterocycles. The number of aryl methyl sites for hydroxylation is 1. The van der Waals surface area contributed by atoms with Crippen molar-refractivity contribution in [2.45, 2.75) is 25.3 Å². The molecule has 3 N–H and O–H groups in total. The number of aliphatic imine (C=N–C) groups is 1. The summed E-state index contributed by atoms with van der Waals surface area (Å²) < 4.78 is 0. The Balaban J connectivity index is 1.66. The molecule has 0 saturated carbocycles. The Hall–Kier alpha value is -2.21. The predicted molar refractivity (Wildman–Crippen MR) is 119 cm³/mol. The van der Waals surface area contributed by atoms with Gasteiger partial charge in [-0.3, -0.25) is 14.8 Å².